The van der Waals surface area contributed by atoms with E-state index in [0.29, 0.717) is 56.6 Å². The molecule has 6 heterocycles. The zero-order valence-electron chi connectivity index (χ0n) is 40.6. The van der Waals surface area contributed by atoms with E-state index in [0.717, 1.165) is 47.8 Å². The van der Waals surface area contributed by atoms with E-state index in [9.17, 15) is 14.7 Å². The van der Waals surface area contributed by atoms with Gasteiger partial charge in [-0.3, -0.25) is 32.9 Å². The van der Waals surface area contributed by atoms with Crippen LogP contribution in [0, 0.1) is 0 Å². The minimum Gasteiger partial charge on any atom is -0.388 e. The number of aromatic amines is 1. The van der Waals surface area contributed by atoms with Crippen LogP contribution in [-0.2, 0) is 40.6 Å². The van der Waals surface area contributed by atoms with Gasteiger partial charge in [-0.05, 0) is 96.6 Å². The Balaban J connectivity index is 1.03. The quantitative estimate of drug-likeness (QED) is 0.114. The van der Waals surface area contributed by atoms with Crippen molar-refractivity contribution in [1.82, 2.24) is 42.8 Å². The fourth-order valence-electron chi connectivity index (χ4n) is 10.8. The van der Waals surface area contributed by atoms with Crippen molar-refractivity contribution in [3.05, 3.63) is 210 Å². The molecule has 0 bridgehead atoms. The standard InChI is InChI=1S/C58H43N9O8/c1-73-29-47-54(38-12-4-5-13-43(38)59-47)32-20-33(64-49-18-10-7-15-45(49)61-52(64)30-74-2)22-34(21-32)66-55(69)39-26-41-42(27-40(39)56(66)70)58(72)67(57(41)71)37-24-35(63-48-17-9-6-14-44(48)60-51(63)28-68)23-36(25-37)65-50-19-11-8-16-46(50)62-53(65)31-75-3/h4-27,59,68H,28-31H2,1-3H3. The minimum absolute atomic E-state index is 0.0324. The van der Waals surface area contributed by atoms with Crippen molar-refractivity contribution in [2.75, 3.05) is 21.3 Å². The molecule has 17 nitrogen and oxygen atoms in total. The van der Waals surface area contributed by atoms with Gasteiger partial charge in [0, 0.05) is 43.5 Å². The van der Waals surface area contributed by atoms with Crippen molar-refractivity contribution in [2.45, 2.75) is 26.4 Å². The van der Waals surface area contributed by atoms with Crippen molar-refractivity contribution < 1.29 is 19.3 Å². The maximum Gasteiger partial charge on any atom is 0.266 e. The Labute approximate surface area is 423 Å². The van der Waals surface area contributed by atoms with Gasteiger partial charge in [-0.2, -0.15) is 0 Å². The molecule has 0 fully saturated rings. The van der Waals surface area contributed by atoms with Crippen LogP contribution in [0.2, 0.25) is 0 Å². The largest absolute Gasteiger partial charge is 0.388 e. The molecule has 17 heteroatoms. The van der Waals surface area contributed by atoms with Crippen LogP contribution in [0.15, 0.2) is 165 Å². The molecule has 0 spiro atoms. The van der Waals surface area contributed by atoms with E-state index in [4.69, 9.17) is 24.2 Å². The summed E-state index contributed by atoms with van der Waals surface area (Å²) in [6.45, 7) is 0.141. The summed E-state index contributed by atoms with van der Waals surface area (Å²) in [5.74, 6) is 1.48. The highest BCUT2D eigenvalue weighted by Crippen LogP contribution is 2.37. The first-order valence-electron chi connectivity index (χ1n) is 24.0. The van der Waals surface area contributed by atoms with E-state index in [-0.39, 0.29) is 52.7 Å². The third-order valence-electron chi connectivity index (χ3n) is 13.9. The lowest BCUT2D eigenvalue weighted by molar-refractivity contribution is 0.177. The smallest absolute Gasteiger partial charge is 0.266 e. The summed E-state index contributed by atoms with van der Waals surface area (Å²) in [4.78, 5) is 77.8. The molecule has 0 aliphatic rings. The summed E-state index contributed by atoms with van der Waals surface area (Å²) in [7, 11) is 4.78. The average molecular weight is 994 g/mol. The number of para-hydroxylation sites is 7. The molecule has 13 aromatic rings. The van der Waals surface area contributed by atoms with Gasteiger partial charge in [-0.1, -0.05) is 54.6 Å². The second-order valence-corrected chi connectivity index (χ2v) is 18.3. The van der Waals surface area contributed by atoms with E-state index < -0.39 is 28.8 Å². The molecule has 2 N–H and O–H groups in total. The number of nitrogens with zero attached hydrogens (tertiary/aromatic N) is 8. The number of rotatable bonds is 13. The first-order chi connectivity index (χ1) is 36.7. The number of methoxy groups -OCH3 is 3. The fraction of sp³-hybridized carbons (Fsp3) is 0.121. The van der Waals surface area contributed by atoms with Crippen LogP contribution >= 0.6 is 0 Å². The Morgan fingerprint density at radius 1 is 0.427 bits per heavy atom. The molecule has 75 heavy (non-hydrogen) atoms. The third kappa shape index (κ3) is 7.04. The number of ether oxygens (including phenoxy) is 3. The van der Waals surface area contributed by atoms with Crippen molar-refractivity contribution in [2.24, 2.45) is 0 Å². The van der Waals surface area contributed by atoms with Crippen LogP contribution < -0.4 is 22.2 Å². The van der Waals surface area contributed by atoms with E-state index in [1.54, 1.807) is 50.2 Å². The number of aromatic nitrogens is 9. The number of nitrogens with one attached hydrogen (secondary N) is 1. The second kappa shape index (κ2) is 17.7. The first-order valence-corrected chi connectivity index (χ1v) is 24.0. The Morgan fingerprint density at radius 3 is 1.25 bits per heavy atom. The van der Waals surface area contributed by atoms with Gasteiger partial charge in [0.15, 0.2) is 0 Å². The Bertz CT molecular complexity index is 4520. The van der Waals surface area contributed by atoms with Crippen LogP contribution in [0.5, 0.6) is 0 Å². The third-order valence-corrected chi connectivity index (χ3v) is 13.9. The molecular formula is C58H43N9O8. The lowest BCUT2D eigenvalue weighted by atomic mass is 10.00. The maximum atomic E-state index is 15.0. The SMILES string of the molecule is COCc1[nH]c2ccccc2c1-c1cc(-n2c(=O)c3cc4c(=O)n(-c5cc(-n6c(CO)nc7ccccc76)cc(-n6c(COC)nc7ccccc76)c5)c(=O)c4cc3c2=O)cc(-n2c(COC)nc3ccccc32)c1. The number of imidazole rings is 3. The van der Waals surface area contributed by atoms with Gasteiger partial charge >= 0.3 is 0 Å². The number of aliphatic hydroxyl groups is 1. The second-order valence-electron chi connectivity index (χ2n) is 18.3. The van der Waals surface area contributed by atoms with Gasteiger partial charge in [0.1, 0.15) is 37.3 Å². The monoisotopic (exact) mass is 993 g/mol. The molecule has 13 rings (SSSR count). The van der Waals surface area contributed by atoms with Crippen molar-refractivity contribution in [3.8, 4) is 39.6 Å². The maximum absolute atomic E-state index is 15.0. The molecule has 0 unspecified atom stereocenters. The van der Waals surface area contributed by atoms with E-state index in [1.165, 1.54) is 12.1 Å². The summed E-state index contributed by atoms with van der Waals surface area (Å²) in [6.07, 6.45) is 0. The number of hydrogen-bond acceptors (Lipinski definition) is 11. The normalized spacial score (nSPS) is 12.1. The fourth-order valence-corrected chi connectivity index (χ4v) is 10.8. The number of hydrogen-bond donors (Lipinski definition) is 2. The average Bonchev–Trinajstić information content (AvgIpc) is 4.28. The van der Waals surface area contributed by atoms with Gasteiger partial charge in [-0.15, -0.1) is 0 Å². The summed E-state index contributed by atoms with van der Waals surface area (Å²) in [5, 5.41) is 11.4. The zero-order valence-corrected chi connectivity index (χ0v) is 40.6. The molecule has 0 radical (unpaired) electrons. The van der Waals surface area contributed by atoms with E-state index >= 15 is 9.59 Å². The van der Waals surface area contributed by atoms with Crippen molar-refractivity contribution in [1.29, 1.82) is 0 Å². The molecule has 0 aliphatic carbocycles. The van der Waals surface area contributed by atoms with Crippen LogP contribution in [0.3, 0.4) is 0 Å². The topological polar surface area (TPSA) is 195 Å². The van der Waals surface area contributed by atoms with Gasteiger partial charge in [0.05, 0.1) is 89.7 Å². The first kappa shape index (κ1) is 45.5. The zero-order chi connectivity index (χ0) is 51.2. The van der Waals surface area contributed by atoms with Crippen LogP contribution in [-0.4, -0.2) is 69.2 Å². The number of H-pyrrole nitrogens is 1. The van der Waals surface area contributed by atoms with Gasteiger partial charge in [0.2, 0.25) is 0 Å². The molecule has 6 aromatic heterocycles. The summed E-state index contributed by atoms with van der Waals surface area (Å²) in [6, 6.07) is 44.0. The Kier molecular flexibility index (Phi) is 10.7. The van der Waals surface area contributed by atoms with Crippen molar-refractivity contribution in [3.63, 3.8) is 0 Å². The summed E-state index contributed by atoms with van der Waals surface area (Å²) < 4.78 is 24.7. The highest BCUT2D eigenvalue weighted by atomic mass is 16.5. The number of benzene rings is 7. The Hall–Kier alpha value is -9.39. The molecule has 7 aromatic carbocycles. The molecule has 0 aliphatic heterocycles. The molecule has 0 saturated heterocycles. The highest BCUT2D eigenvalue weighted by Gasteiger charge is 2.26. The van der Waals surface area contributed by atoms with Crippen LogP contribution in [0.25, 0.3) is 105 Å². The minimum atomic E-state index is -0.697. The lowest BCUT2D eigenvalue weighted by Gasteiger charge is -2.16. The molecule has 0 saturated carbocycles. The summed E-state index contributed by atoms with van der Waals surface area (Å²) >= 11 is 0. The number of fused-ring (bicyclic) bond motifs is 6. The Morgan fingerprint density at radius 2 is 0.800 bits per heavy atom. The van der Waals surface area contributed by atoms with Gasteiger partial charge in [-0.25, -0.2) is 24.1 Å². The molecule has 0 atom stereocenters. The van der Waals surface area contributed by atoms with E-state index in [2.05, 4.69) is 9.97 Å². The predicted molar refractivity (Wildman–Crippen MR) is 287 cm³/mol. The van der Waals surface area contributed by atoms with Gasteiger partial charge < -0.3 is 24.3 Å². The van der Waals surface area contributed by atoms with Gasteiger partial charge in [0.25, 0.3) is 22.2 Å². The summed E-state index contributed by atoms with van der Waals surface area (Å²) in [5.41, 5.74) is 6.74. The number of aliphatic hydroxyl groups excluding tert-OH is 1. The van der Waals surface area contributed by atoms with E-state index in [1.807, 2.05) is 118 Å². The predicted octanol–water partition coefficient (Wildman–Crippen LogP) is 7.99. The molecular weight excluding hydrogens is 951 g/mol. The molecule has 368 valence electrons. The van der Waals surface area contributed by atoms with Crippen molar-refractivity contribution >= 4 is 65.5 Å². The van der Waals surface area contributed by atoms with Crippen LogP contribution in [0.1, 0.15) is 23.2 Å². The van der Waals surface area contributed by atoms with Crippen LogP contribution in [0.4, 0.5) is 0 Å². The molecule has 0 amide bonds. The lowest BCUT2D eigenvalue weighted by Crippen LogP contribution is -2.24. The highest BCUT2D eigenvalue weighted by molar-refractivity contribution is 6.00.